The fourth-order valence-corrected chi connectivity index (χ4v) is 10.9. The number of halogens is 8. The van der Waals surface area contributed by atoms with Crippen LogP contribution in [0.2, 0.25) is 0 Å². The van der Waals surface area contributed by atoms with Crippen LogP contribution < -0.4 is 34.6 Å². The lowest BCUT2D eigenvalue weighted by molar-refractivity contribution is -0.384. The first-order valence-corrected chi connectivity index (χ1v) is 30.5. The van der Waals surface area contributed by atoms with Crippen molar-refractivity contribution in [2.75, 3.05) is 109 Å². The van der Waals surface area contributed by atoms with Gasteiger partial charge in [-0.1, -0.05) is 129 Å². The minimum Gasteiger partial charge on any atom is -0.492 e. The van der Waals surface area contributed by atoms with E-state index in [2.05, 4.69) is 31.4 Å². The largest absolute Gasteiger partial charge is 0.492 e. The summed E-state index contributed by atoms with van der Waals surface area (Å²) in [4.78, 5) is 58.0. The molecule has 3 amide bonds. The Morgan fingerprint density at radius 1 is 0.621 bits per heavy atom. The van der Waals surface area contributed by atoms with Crippen LogP contribution in [0.4, 0.5) is 30.6 Å². The van der Waals surface area contributed by atoms with Gasteiger partial charge in [0.25, 0.3) is 25.1 Å². The predicted octanol–water partition coefficient (Wildman–Crippen LogP) is 11.8. The highest BCUT2D eigenvalue weighted by atomic mass is 35.6. The van der Waals surface area contributed by atoms with Gasteiger partial charge in [0.2, 0.25) is 0 Å². The second-order valence-electron chi connectivity index (χ2n) is 21.6. The van der Waals surface area contributed by atoms with Crippen molar-refractivity contribution in [3.63, 3.8) is 0 Å². The number of nitro benzene ring substituents is 1. The Hall–Kier alpha value is -5.97. The Labute approximate surface area is 534 Å². The van der Waals surface area contributed by atoms with Gasteiger partial charge < -0.3 is 39.2 Å². The molecule has 0 spiro atoms. The molecule has 9 rings (SSSR count). The highest BCUT2D eigenvalue weighted by molar-refractivity contribution is 6.76. The molecule has 4 aliphatic rings. The van der Waals surface area contributed by atoms with Gasteiger partial charge in [0.05, 0.1) is 54.7 Å². The van der Waals surface area contributed by atoms with Crippen molar-refractivity contribution >= 4 is 105 Å². The van der Waals surface area contributed by atoms with E-state index in [9.17, 15) is 33.3 Å². The van der Waals surface area contributed by atoms with E-state index in [1.165, 1.54) is 53.4 Å². The standard InChI is InChI=1S/C34H34Cl3FN4O7.C28H33Cl3FN3O3/c35-34(36,37)31(43)39-33(21-24-4-6-26(38)7-5-24)13-12-25(22-33)23-41(32(44)49-29-10-8-27(9-11-29)42(45)46)28-2-1-3-30(20-28)48-19-16-40-14-17-47-18-15-40;1-34(24-3-2-4-25(17-24)38-16-13-35-11-14-37-15-12-35)20-22-9-10-27(19-22,33-26(36)28(29,30)31)18-21-5-7-23(32)8-6-21/h1-11,20,22H,12-19,21,23H2,(H,39,43);2-8,17,19H,9-16,18,20H2,1H3,(H,33,36). The number of amides is 3. The van der Waals surface area contributed by atoms with Gasteiger partial charge in [0, 0.05) is 82.8 Å². The number of nitrogens with zero attached hydrogens (tertiary/aromatic N) is 5. The molecule has 0 radical (unpaired) electrons. The molecule has 2 aliphatic heterocycles. The number of carbonyl (C=O) groups is 3. The van der Waals surface area contributed by atoms with Gasteiger partial charge in [-0.15, -0.1) is 0 Å². The summed E-state index contributed by atoms with van der Waals surface area (Å²) in [6.45, 7) is 9.76. The smallest absolute Gasteiger partial charge is 0.420 e. The third-order valence-corrected chi connectivity index (χ3v) is 16.1. The summed E-state index contributed by atoms with van der Waals surface area (Å²) < 4.78 is 51.3. The second kappa shape index (κ2) is 31.0. The van der Waals surface area contributed by atoms with Crippen molar-refractivity contribution in [2.24, 2.45) is 0 Å². The lowest BCUT2D eigenvalue weighted by Crippen LogP contribution is -2.51. The van der Waals surface area contributed by atoms with E-state index in [1.54, 1.807) is 48.5 Å². The summed E-state index contributed by atoms with van der Waals surface area (Å²) in [5, 5.41) is 16.9. The summed E-state index contributed by atoms with van der Waals surface area (Å²) in [7, 11) is 2.02. The first-order chi connectivity index (χ1) is 41.5. The molecule has 25 heteroatoms. The molecule has 2 aliphatic carbocycles. The minimum atomic E-state index is -2.23. The minimum absolute atomic E-state index is 0.0534. The number of nitro groups is 1. The molecule has 2 fully saturated rings. The summed E-state index contributed by atoms with van der Waals surface area (Å²) >= 11 is 35.3. The first-order valence-electron chi connectivity index (χ1n) is 28.2. The number of carbonyl (C=O) groups excluding carboxylic acids is 3. The lowest BCUT2D eigenvalue weighted by Gasteiger charge is -2.30. The van der Waals surface area contributed by atoms with Gasteiger partial charge in [-0.3, -0.25) is 34.4 Å². The number of anilines is 2. The van der Waals surface area contributed by atoms with Crippen molar-refractivity contribution in [3.8, 4) is 17.2 Å². The first kappa shape index (κ1) is 67.0. The van der Waals surface area contributed by atoms with Gasteiger partial charge in [0.1, 0.15) is 42.1 Å². The van der Waals surface area contributed by atoms with Crippen LogP contribution in [-0.4, -0.2) is 150 Å². The number of ether oxygens (including phenoxy) is 5. The number of hydrogen-bond donors (Lipinski definition) is 2. The molecule has 87 heavy (non-hydrogen) atoms. The van der Waals surface area contributed by atoms with E-state index in [0.717, 1.165) is 86.1 Å². The van der Waals surface area contributed by atoms with E-state index in [0.29, 0.717) is 76.6 Å². The van der Waals surface area contributed by atoms with Crippen LogP contribution >= 0.6 is 69.6 Å². The van der Waals surface area contributed by atoms with Crippen molar-refractivity contribution in [2.45, 2.75) is 57.2 Å². The highest BCUT2D eigenvalue weighted by Gasteiger charge is 2.42. The van der Waals surface area contributed by atoms with Crippen molar-refractivity contribution < 1.29 is 51.8 Å². The summed E-state index contributed by atoms with van der Waals surface area (Å²) in [6.07, 6.45) is 6.14. The molecule has 2 saturated heterocycles. The third-order valence-electron chi connectivity index (χ3n) is 15.1. The zero-order valence-corrected chi connectivity index (χ0v) is 52.2. The third kappa shape index (κ3) is 20.5. The quantitative estimate of drug-likeness (QED) is 0.0290. The number of nitrogens with one attached hydrogen (secondary N) is 2. The number of benzene rings is 5. The van der Waals surface area contributed by atoms with E-state index in [4.69, 9.17) is 93.3 Å². The van der Waals surface area contributed by atoms with Gasteiger partial charge in [-0.2, -0.15) is 0 Å². The van der Waals surface area contributed by atoms with E-state index < -0.39 is 47.3 Å². The summed E-state index contributed by atoms with van der Waals surface area (Å²) in [5.74, 6) is -0.751. The molecule has 2 unspecified atom stereocenters. The van der Waals surface area contributed by atoms with E-state index in [1.807, 2.05) is 37.4 Å². The number of non-ortho nitro benzene ring substituents is 1. The molecule has 5 aromatic rings. The van der Waals surface area contributed by atoms with Gasteiger partial charge >= 0.3 is 6.09 Å². The molecule has 0 aromatic heterocycles. The van der Waals surface area contributed by atoms with Crippen LogP contribution in [0.5, 0.6) is 17.2 Å². The predicted molar refractivity (Wildman–Crippen MR) is 335 cm³/mol. The van der Waals surface area contributed by atoms with Gasteiger partial charge in [-0.05, 0) is 110 Å². The summed E-state index contributed by atoms with van der Waals surface area (Å²) in [5.41, 5.74) is 3.14. The molecule has 2 N–H and O–H groups in total. The second-order valence-corrected chi connectivity index (χ2v) is 26.2. The van der Waals surface area contributed by atoms with Crippen LogP contribution in [0.3, 0.4) is 0 Å². The van der Waals surface area contributed by atoms with E-state index >= 15 is 0 Å². The van der Waals surface area contributed by atoms with Crippen LogP contribution in [-0.2, 0) is 31.9 Å². The van der Waals surface area contributed by atoms with Gasteiger partial charge in [-0.25, -0.2) is 13.6 Å². The number of rotatable bonds is 22. The fourth-order valence-electron chi connectivity index (χ4n) is 10.6. The molecule has 2 heterocycles. The molecule has 0 bridgehead atoms. The number of alkyl halides is 6. The zero-order valence-electron chi connectivity index (χ0n) is 47.7. The average molecular weight is 1320 g/mol. The molecule has 5 aromatic carbocycles. The highest BCUT2D eigenvalue weighted by Crippen LogP contribution is 2.38. The summed E-state index contributed by atoms with van der Waals surface area (Å²) in [6, 6.07) is 32.3. The van der Waals surface area contributed by atoms with Crippen LogP contribution in [0, 0.1) is 21.7 Å². The number of likely N-dealkylation sites (N-methyl/N-ethyl adjacent to an activating group) is 1. The number of morpholine rings is 2. The fraction of sp³-hybridized carbons (Fsp3) is 0.403. The van der Waals surface area contributed by atoms with Crippen molar-refractivity contribution in [1.29, 1.82) is 0 Å². The lowest BCUT2D eigenvalue weighted by atomic mass is 9.90. The van der Waals surface area contributed by atoms with E-state index in [-0.39, 0.29) is 30.2 Å². The number of hydrogen-bond acceptors (Lipinski definition) is 13. The normalized spacial score (nSPS) is 19.0. The molecular formula is C62H67Cl6F2N7O10. The van der Waals surface area contributed by atoms with Crippen molar-refractivity contribution in [1.82, 2.24) is 20.4 Å². The van der Waals surface area contributed by atoms with Crippen LogP contribution in [0.15, 0.2) is 145 Å². The molecular weight excluding hydrogens is 1250 g/mol. The zero-order chi connectivity index (χ0) is 62.2. The monoisotopic (exact) mass is 1320 g/mol. The topological polar surface area (TPSA) is 178 Å². The maximum Gasteiger partial charge on any atom is 0.420 e. The Morgan fingerprint density at radius 3 is 1.51 bits per heavy atom. The van der Waals surface area contributed by atoms with Crippen molar-refractivity contribution in [3.05, 3.63) is 178 Å². The SMILES string of the molecule is CN(CC1=CC(Cc2ccc(F)cc2)(NC(=O)C(Cl)(Cl)Cl)CC1)c1cccc(OCCN2CCOCC2)c1.O=C(Oc1ccc([N+](=O)[O-])cc1)N(CC1=CC(Cc2ccc(F)cc2)(NC(=O)C(Cl)(Cl)Cl)CC1)c1cccc(OCCN2CCOCC2)c1. The van der Waals surface area contributed by atoms with Crippen LogP contribution in [0.25, 0.3) is 0 Å². The molecule has 2 atom stereocenters. The van der Waals surface area contributed by atoms with Crippen LogP contribution in [0.1, 0.15) is 36.8 Å². The Balaban J connectivity index is 0.000000233. The Morgan fingerprint density at radius 2 is 1.06 bits per heavy atom. The molecule has 466 valence electrons. The Kier molecular flexibility index (Phi) is 23.8. The Bertz CT molecular complexity index is 3200. The molecule has 0 saturated carbocycles. The molecule has 17 nitrogen and oxygen atoms in total. The average Bonchev–Trinajstić information content (AvgIpc) is 2.09. The van der Waals surface area contributed by atoms with Gasteiger partial charge in [0.15, 0.2) is 0 Å². The maximum absolute atomic E-state index is 13.8. The maximum atomic E-state index is 13.8.